The molecule has 1 unspecified atom stereocenters. The lowest BCUT2D eigenvalue weighted by molar-refractivity contribution is -0.272. The Balaban J connectivity index is 1.96. The van der Waals surface area contributed by atoms with E-state index in [2.05, 4.69) is 0 Å². The summed E-state index contributed by atoms with van der Waals surface area (Å²) in [6.07, 6.45) is -6.73. The molecule has 1 atom stereocenters. The summed E-state index contributed by atoms with van der Waals surface area (Å²) in [4.78, 5) is 13.5. The Morgan fingerprint density at radius 2 is 2.04 bits per heavy atom. The molecule has 0 aromatic heterocycles. The molecule has 0 spiro atoms. The molecule has 1 heterocycles. The van der Waals surface area contributed by atoms with Gasteiger partial charge in [0.2, 0.25) is 0 Å². The molecule has 1 saturated heterocycles. The maximum Gasteiger partial charge on any atom is 0.417 e. The van der Waals surface area contributed by atoms with E-state index < -0.39 is 36.6 Å². The third kappa shape index (κ3) is 3.79. The predicted molar refractivity (Wildman–Crippen MR) is 78.1 cm³/mol. The average Bonchev–Trinajstić information content (AvgIpc) is 2.54. The number of piperidine rings is 1. The molecule has 5 nitrogen and oxygen atoms in total. The summed E-state index contributed by atoms with van der Waals surface area (Å²) in [7, 11) is 0. The minimum absolute atomic E-state index is 0.194. The summed E-state index contributed by atoms with van der Waals surface area (Å²) in [5, 5.41) is 18.4. The molecule has 1 aliphatic heterocycles. The molecular weight excluding hydrogens is 325 g/mol. The van der Waals surface area contributed by atoms with Gasteiger partial charge in [-0.15, -0.1) is 0 Å². The fourth-order valence-electron chi connectivity index (χ4n) is 2.53. The van der Waals surface area contributed by atoms with Crippen molar-refractivity contribution in [1.29, 1.82) is 5.26 Å². The molecule has 2 rings (SSSR count). The van der Waals surface area contributed by atoms with Crippen molar-refractivity contribution in [3.63, 3.8) is 0 Å². The van der Waals surface area contributed by atoms with Crippen LogP contribution in [0.15, 0.2) is 24.3 Å². The topological polar surface area (TPSA) is 73.6 Å². The van der Waals surface area contributed by atoms with Crippen LogP contribution < -0.4 is 4.74 Å². The van der Waals surface area contributed by atoms with Gasteiger partial charge in [0, 0.05) is 25.9 Å². The van der Waals surface area contributed by atoms with Crippen LogP contribution in [0.4, 0.5) is 13.2 Å². The molecule has 1 aliphatic rings. The number of likely N-dealkylation sites (tertiary alicyclic amines) is 1. The van der Waals surface area contributed by atoms with E-state index in [1.54, 1.807) is 18.2 Å². The molecule has 1 fully saturated rings. The monoisotopic (exact) mass is 342 g/mol. The number of nitrogens with zero attached hydrogens (tertiary/aromatic N) is 2. The summed E-state index contributed by atoms with van der Waals surface area (Å²) in [6, 6.07) is 8.20. The number of halogens is 3. The Morgan fingerprint density at radius 3 is 2.58 bits per heavy atom. The molecule has 0 radical (unpaired) electrons. The van der Waals surface area contributed by atoms with E-state index in [1.807, 2.05) is 6.07 Å². The zero-order chi connectivity index (χ0) is 18.0. The van der Waals surface area contributed by atoms with Crippen LogP contribution in [0.5, 0.6) is 5.75 Å². The van der Waals surface area contributed by atoms with Gasteiger partial charge < -0.3 is 14.7 Å². The number of alkyl halides is 3. The van der Waals surface area contributed by atoms with Crippen LogP contribution in [0, 0.1) is 11.3 Å². The van der Waals surface area contributed by atoms with E-state index in [9.17, 15) is 23.1 Å². The Morgan fingerprint density at radius 1 is 1.42 bits per heavy atom. The molecule has 0 aliphatic carbocycles. The summed E-state index contributed by atoms with van der Waals surface area (Å²) in [5.74, 6) is -0.125. The van der Waals surface area contributed by atoms with Gasteiger partial charge in [0.25, 0.3) is 5.91 Å². The van der Waals surface area contributed by atoms with Crippen molar-refractivity contribution in [1.82, 2.24) is 4.90 Å². The smallest absolute Gasteiger partial charge is 0.417 e. The van der Waals surface area contributed by atoms with Gasteiger partial charge in [-0.1, -0.05) is 6.07 Å². The van der Waals surface area contributed by atoms with Crippen molar-refractivity contribution in [3.05, 3.63) is 29.8 Å². The van der Waals surface area contributed by atoms with Crippen molar-refractivity contribution in [2.45, 2.75) is 37.6 Å². The first-order valence-corrected chi connectivity index (χ1v) is 7.41. The van der Waals surface area contributed by atoms with Gasteiger partial charge in [0.15, 0.2) is 11.7 Å². The van der Waals surface area contributed by atoms with Gasteiger partial charge in [-0.3, -0.25) is 4.79 Å². The number of hydrogen-bond donors (Lipinski definition) is 1. The van der Waals surface area contributed by atoms with E-state index >= 15 is 0 Å². The lowest BCUT2D eigenvalue weighted by Gasteiger charge is -2.39. The number of nitriles is 1. The van der Waals surface area contributed by atoms with Crippen molar-refractivity contribution in [2.24, 2.45) is 0 Å². The van der Waals surface area contributed by atoms with E-state index in [4.69, 9.17) is 10.00 Å². The molecule has 1 amide bonds. The largest absolute Gasteiger partial charge is 0.481 e. The van der Waals surface area contributed by atoms with Crippen molar-refractivity contribution in [2.75, 3.05) is 13.1 Å². The lowest BCUT2D eigenvalue weighted by atomic mass is 9.90. The lowest BCUT2D eigenvalue weighted by Crippen LogP contribution is -2.55. The van der Waals surface area contributed by atoms with Gasteiger partial charge in [0.1, 0.15) is 5.75 Å². The number of carbonyl (C=O) groups is 1. The number of carbonyl (C=O) groups excluding carboxylic acids is 1. The molecule has 1 aromatic rings. The second-order valence-corrected chi connectivity index (χ2v) is 5.75. The van der Waals surface area contributed by atoms with E-state index in [0.717, 1.165) is 0 Å². The highest BCUT2D eigenvalue weighted by atomic mass is 19.4. The number of ether oxygens (including phenoxy) is 1. The Labute approximate surface area is 137 Å². The van der Waals surface area contributed by atoms with Crippen LogP contribution in [0.25, 0.3) is 0 Å². The number of benzene rings is 1. The van der Waals surface area contributed by atoms with Crippen LogP contribution in [-0.4, -0.2) is 46.9 Å². The Hall–Kier alpha value is -2.27. The highest BCUT2D eigenvalue weighted by molar-refractivity contribution is 5.81. The zero-order valence-corrected chi connectivity index (χ0v) is 13.0. The molecule has 24 heavy (non-hydrogen) atoms. The standard InChI is InChI=1S/C16H17F3N2O3/c1-11(24-13-4-2-3-12(9-13)10-20)14(22)21-7-5-15(23,6-8-21)16(17,18)19/h2-4,9,11,23H,5-8H2,1H3. The fourth-order valence-corrected chi connectivity index (χ4v) is 2.53. The zero-order valence-electron chi connectivity index (χ0n) is 13.0. The van der Waals surface area contributed by atoms with Crippen LogP contribution >= 0.6 is 0 Å². The van der Waals surface area contributed by atoms with Gasteiger partial charge in [-0.05, 0) is 25.1 Å². The molecule has 130 valence electrons. The maximum absolute atomic E-state index is 12.8. The van der Waals surface area contributed by atoms with Crippen LogP contribution in [0.1, 0.15) is 25.3 Å². The maximum atomic E-state index is 12.8. The average molecular weight is 342 g/mol. The second-order valence-electron chi connectivity index (χ2n) is 5.75. The van der Waals surface area contributed by atoms with E-state index in [1.165, 1.54) is 17.9 Å². The summed E-state index contributed by atoms with van der Waals surface area (Å²) < 4.78 is 43.8. The van der Waals surface area contributed by atoms with Gasteiger partial charge in [-0.2, -0.15) is 18.4 Å². The number of amides is 1. The third-order valence-electron chi connectivity index (χ3n) is 4.05. The third-order valence-corrected chi connectivity index (χ3v) is 4.05. The Kier molecular flexibility index (Phi) is 5.04. The second kappa shape index (κ2) is 6.69. The highest BCUT2D eigenvalue weighted by Crippen LogP contribution is 2.38. The first kappa shape index (κ1) is 18.1. The number of hydrogen-bond acceptors (Lipinski definition) is 4. The van der Waals surface area contributed by atoms with Crippen molar-refractivity contribution >= 4 is 5.91 Å². The van der Waals surface area contributed by atoms with Gasteiger partial charge >= 0.3 is 6.18 Å². The number of rotatable bonds is 3. The fraction of sp³-hybridized carbons (Fsp3) is 0.500. The van der Waals surface area contributed by atoms with E-state index in [-0.39, 0.29) is 13.1 Å². The molecular formula is C16H17F3N2O3. The minimum atomic E-state index is -4.71. The first-order chi connectivity index (χ1) is 11.2. The Bertz CT molecular complexity index is 647. The van der Waals surface area contributed by atoms with Gasteiger partial charge in [0.05, 0.1) is 11.6 Å². The molecule has 0 bridgehead atoms. The molecule has 0 saturated carbocycles. The van der Waals surface area contributed by atoms with E-state index in [0.29, 0.717) is 11.3 Å². The molecule has 1 aromatic carbocycles. The summed E-state index contributed by atoms with van der Waals surface area (Å²) >= 11 is 0. The van der Waals surface area contributed by atoms with Crippen molar-refractivity contribution < 1.29 is 27.8 Å². The summed E-state index contributed by atoms with van der Waals surface area (Å²) in [5.41, 5.74) is -2.37. The van der Waals surface area contributed by atoms with Crippen LogP contribution in [0.3, 0.4) is 0 Å². The molecule has 1 N–H and O–H groups in total. The van der Waals surface area contributed by atoms with Gasteiger partial charge in [-0.25, -0.2) is 0 Å². The minimum Gasteiger partial charge on any atom is -0.481 e. The predicted octanol–water partition coefficient (Wildman–Crippen LogP) is 2.24. The van der Waals surface area contributed by atoms with Crippen LogP contribution in [0.2, 0.25) is 0 Å². The first-order valence-electron chi connectivity index (χ1n) is 7.41. The molecule has 8 heteroatoms. The van der Waals surface area contributed by atoms with Crippen molar-refractivity contribution in [3.8, 4) is 11.8 Å². The highest BCUT2D eigenvalue weighted by Gasteiger charge is 2.55. The van der Waals surface area contributed by atoms with Crippen LogP contribution in [-0.2, 0) is 4.79 Å². The summed E-state index contributed by atoms with van der Waals surface area (Å²) in [6.45, 7) is 1.10. The SMILES string of the molecule is CC(Oc1cccc(C#N)c1)C(=O)N1CCC(O)(C(F)(F)F)CC1. The quantitative estimate of drug-likeness (QED) is 0.914. The normalized spacial score (nSPS) is 18.6. The number of aliphatic hydroxyl groups is 1.